The fourth-order valence-corrected chi connectivity index (χ4v) is 2.70. The number of hydrogen-bond donors (Lipinski definition) is 2. The lowest BCUT2D eigenvalue weighted by molar-refractivity contribution is 0.464. The van der Waals surface area contributed by atoms with Gasteiger partial charge in [-0.15, -0.1) is 11.3 Å². The SMILES string of the molecule is C=c1[nH]c(=O)/c(=C/c2ccccc2Oc2ccc(O)cc2)s1. The van der Waals surface area contributed by atoms with Gasteiger partial charge in [0.15, 0.2) is 0 Å². The van der Waals surface area contributed by atoms with Crippen LogP contribution in [0, 0.1) is 0 Å². The second-order valence-electron chi connectivity index (χ2n) is 4.62. The summed E-state index contributed by atoms with van der Waals surface area (Å²) in [5, 5.41) is 9.30. The molecule has 110 valence electrons. The third kappa shape index (κ3) is 3.10. The highest BCUT2D eigenvalue weighted by Gasteiger charge is 2.03. The Kier molecular flexibility index (Phi) is 3.80. The van der Waals surface area contributed by atoms with Crippen molar-refractivity contribution in [1.29, 1.82) is 0 Å². The molecule has 0 atom stereocenters. The fourth-order valence-electron chi connectivity index (χ4n) is 1.96. The maximum absolute atomic E-state index is 11.8. The van der Waals surface area contributed by atoms with Crippen molar-refractivity contribution in [3.05, 3.63) is 73.6 Å². The van der Waals surface area contributed by atoms with Gasteiger partial charge in [0.1, 0.15) is 17.2 Å². The molecular weight excluding hydrogens is 298 g/mol. The van der Waals surface area contributed by atoms with Gasteiger partial charge in [-0.3, -0.25) is 4.79 Å². The Hall–Kier alpha value is -2.79. The van der Waals surface area contributed by atoms with Crippen LogP contribution in [0.2, 0.25) is 0 Å². The maximum Gasteiger partial charge on any atom is 0.266 e. The van der Waals surface area contributed by atoms with Crippen molar-refractivity contribution >= 4 is 24.0 Å². The molecule has 1 aromatic heterocycles. The number of para-hydroxylation sites is 1. The summed E-state index contributed by atoms with van der Waals surface area (Å²) in [4.78, 5) is 14.4. The zero-order valence-corrected chi connectivity index (χ0v) is 12.4. The summed E-state index contributed by atoms with van der Waals surface area (Å²) < 4.78 is 7.01. The minimum Gasteiger partial charge on any atom is -0.508 e. The van der Waals surface area contributed by atoms with E-state index in [4.69, 9.17) is 4.74 Å². The molecule has 2 aromatic carbocycles. The molecule has 0 fully saturated rings. The summed E-state index contributed by atoms with van der Waals surface area (Å²) in [6, 6.07) is 13.9. The molecule has 0 aliphatic heterocycles. The quantitative estimate of drug-likeness (QED) is 0.779. The third-order valence-electron chi connectivity index (χ3n) is 2.98. The van der Waals surface area contributed by atoms with Crippen LogP contribution in [0.1, 0.15) is 5.56 Å². The van der Waals surface area contributed by atoms with Crippen LogP contribution < -0.4 is 19.5 Å². The number of ether oxygens (including phenoxy) is 1. The Morgan fingerprint density at radius 1 is 1.14 bits per heavy atom. The zero-order valence-electron chi connectivity index (χ0n) is 11.6. The molecule has 1 heterocycles. The average Bonchev–Trinajstić information content (AvgIpc) is 2.81. The summed E-state index contributed by atoms with van der Waals surface area (Å²) in [6.45, 7) is 3.73. The van der Waals surface area contributed by atoms with E-state index in [9.17, 15) is 9.90 Å². The molecule has 0 amide bonds. The Morgan fingerprint density at radius 2 is 1.86 bits per heavy atom. The minimum atomic E-state index is -0.158. The van der Waals surface area contributed by atoms with Gasteiger partial charge in [0.05, 0.1) is 9.20 Å². The summed E-state index contributed by atoms with van der Waals surface area (Å²) in [6.07, 6.45) is 1.77. The van der Waals surface area contributed by atoms with Gasteiger partial charge in [-0.05, 0) is 36.4 Å². The first-order valence-corrected chi connectivity index (χ1v) is 7.39. The van der Waals surface area contributed by atoms with Crippen LogP contribution in [-0.2, 0) is 0 Å². The summed E-state index contributed by atoms with van der Waals surface area (Å²) in [5.41, 5.74) is 0.636. The van der Waals surface area contributed by atoms with Crippen LogP contribution in [0.3, 0.4) is 0 Å². The lowest BCUT2D eigenvalue weighted by Crippen LogP contribution is -2.19. The van der Waals surface area contributed by atoms with Crippen molar-refractivity contribution < 1.29 is 9.84 Å². The lowest BCUT2D eigenvalue weighted by Gasteiger charge is -2.08. The molecule has 0 spiro atoms. The number of hydrogen-bond acceptors (Lipinski definition) is 4. The molecule has 22 heavy (non-hydrogen) atoms. The van der Waals surface area contributed by atoms with E-state index < -0.39 is 0 Å². The predicted octanol–water partition coefficient (Wildman–Crippen LogP) is 2.17. The van der Waals surface area contributed by atoms with Crippen molar-refractivity contribution in [2.24, 2.45) is 0 Å². The number of nitrogens with one attached hydrogen (secondary N) is 1. The van der Waals surface area contributed by atoms with Crippen LogP contribution in [0.5, 0.6) is 17.2 Å². The third-order valence-corrected chi connectivity index (χ3v) is 3.85. The van der Waals surface area contributed by atoms with Crippen molar-refractivity contribution in [3.63, 3.8) is 0 Å². The van der Waals surface area contributed by atoms with E-state index in [2.05, 4.69) is 11.6 Å². The summed E-state index contributed by atoms with van der Waals surface area (Å²) >= 11 is 1.30. The van der Waals surface area contributed by atoms with Crippen molar-refractivity contribution in [1.82, 2.24) is 4.98 Å². The molecular formula is C17H13NO3S. The Morgan fingerprint density at radius 3 is 2.55 bits per heavy atom. The highest BCUT2D eigenvalue weighted by Crippen LogP contribution is 2.26. The number of aromatic nitrogens is 1. The van der Waals surface area contributed by atoms with E-state index in [1.165, 1.54) is 11.3 Å². The smallest absolute Gasteiger partial charge is 0.266 e. The maximum atomic E-state index is 11.8. The van der Waals surface area contributed by atoms with Crippen molar-refractivity contribution in [2.45, 2.75) is 0 Å². The second kappa shape index (κ2) is 5.91. The normalized spacial score (nSPS) is 11.5. The second-order valence-corrected chi connectivity index (χ2v) is 5.76. The molecule has 0 saturated heterocycles. The number of rotatable bonds is 3. The molecule has 0 aliphatic rings. The van der Waals surface area contributed by atoms with Gasteiger partial charge in [-0.1, -0.05) is 24.8 Å². The number of aromatic amines is 1. The number of thiazole rings is 1. The first-order chi connectivity index (χ1) is 10.6. The van der Waals surface area contributed by atoms with Crippen LogP contribution >= 0.6 is 11.3 Å². The van der Waals surface area contributed by atoms with Gasteiger partial charge < -0.3 is 14.8 Å². The number of benzene rings is 2. The first kappa shape index (κ1) is 14.2. The van der Waals surface area contributed by atoms with E-state index in [1.807, 2.05) is 24.3 Å². The number of aromatic hydroxyl groups is 1. The van der Waals surface area contributed by atoms with Gasteiger partial charge >= 0.3 is 0 Å². The Balaban J connectivity index is 2.02. The molecule has 0 radical (unpaired) electrons. The van der Waals surface area contributed by atoms with Gasteiger partial charge in [-0.25, -0.2) is 0 Å². The van der Waals surface area contributed by atoms with E-state index >= 15 is 0 Å². The molecule has 0 aliphatic carbocycles. The highest BCUT2D eigenvalue weighted by atomic mass is 32.1. The topological polar surface area (TPSA) is 62.3 Å². The Labute approximate surface area is 130 Å². The van der Waals surface area contributed by atoms with Crippen LogP contribution in [0.15, 0.2) is 53.3 Å². The first-order valence-electron chi connectivity index (χ1n) is 6.57. The standard InChI is InChI=1S/C17H13NO3S/c1-11-18-17(20)16(22-11)10-12-4-2-3-5-15(12)21-14-8-6-13(19)7-9-14/h2-10,19H,1H2,(H,18,20)/b16-10-. The van der Waals surface area contributed by atoms with Crippen molar-refractivity contribution in [2.75, 3.05) is 0 Å². The van der Waals surface area contributed by atoms with Gasteiger partial charge in [-0.2, -0.15) is 0 Å². The van der Waals surface area contributed by atoms with E-state index in [1.54, 1.807) is 30.3 Å². The molecule has 3 aromatic rings. The van der Waals surface area contributed by atoms with E-state index in [0.29, 0.717) is 20.7 Å². The number of H-pyrrole nitrogens is 1. The molecule has 3 rings (SSSR count). The average molecular weight is 311 g/mol. The fraction of sp³-hybridized carbons (Fsp3) is 0. The molecule has 2 N–H and O–H groups in total. The van der Waals surface area contributed by atoms with E-state index in [-0.39, 0.29) is 11.3 Å². The Bertz CT molecular complexity index is 955. The molecule has 0 saturated carbocycles. The highest BCUT2D eigenvalue weighted by molar-refractivity contribution is 7.07. The minimum absolute atomic E-state index is 0.158. The van der Waals surface area contributed by atoms with Crippen LogP contribution in [0.4, 0.5) is 0 Å². The monoisotopic (exact) mass is 311 g/mol. The number of phenols is 1. The molecule has 0 unspecified atom stereocenters. The van der Waals surface area contributed by atoms with Crippen LogP contribution in [-0.4, -0.2) is 10.1 Å². The lowest BCUT2D eigenvalue weighted by atomic mass is 10.2. The van der Waals surface area contributed by atoms with Crippen molar-refractivity contribution in [3.8, 4) is 17.2 Å². The van der Waals surface area contributed by atoms with Gasteiger partial charge in [0.2, 0.25) is 0 Å². The molecule has 0 bridgehead atoms. The summed E-state index contributed by atoms with van der Waals surface area (Å²) in [7, 11) is 0. The molecule has 4 nitrogen and oxygen atoms in total. The number of phenolic OH excluding ortho intramolecular Hbond substituents is 1. The largest absolute Gasteiger partial charge is 0.508 e. The van der Waals surface area contributed by atoms with Crippen LogP contribution in [0.25, 0.3) is 12.7 Å². The van der Waals surface area contributed by atoms with E-state index in [0.717, 1.165) is 5.56 Å². The van der Waals surface area contributed by atoms with Gasteiger partial charge in [0, 0.05) is 5.56 Å². The predicted molar refractivity (Wildman–Crippen MR) is 87.9 cm³/mol. The van der Waals surface area contributed by atoms with Gasteiger partial charge in [0.25, 0.3) is 5.56 Å². The summed E-state index contributed by atoms with van der Waals surface area (Å²) in [5.74, 6) is 1.42. The molecule has 5 heteroatoms. The zero-order chi connectivity index (χ0) is 15.5.